The first-order chi connectivity index (χ1) is 7.76. The van der Waals surface area contributed by atoms with Gasteiger partial charge in [-0.05, 0) is 33.6 Å². The van der Waals surface area contributed by atoms with E-state index in [9.17, 15) is 9.59 Å². The van der Waals surface area contributed by atoms with Gasteiger partial charge in [0.15, 0.2) is 0 Å². The third-order valence-electron chi connectivity index (χ3n) is 3.93. The van der Waals surface area contributed by atoms with Crippen molar-refractivity contribution >= 4 is 11.9 Å². The van der Waals surface area contributed by atoms with Crippen LogP contribution in [0.2, 0.25) is 0 Å². The molecule has 0 atom stereocenters. The summed E-state index contributed by atoms with van der Waals surface area (Å²) >= 11 is 0. The first-order valence-electron chi connectivity index (χ1n) is 6.12. The largest absolute Gasteiger partial charge is 0.324 e. The van der Waals surface area contributed by atoms with E-state index < -0.39 is 5.54 Å². The summed E-state index contributed by atoms with van der Waals surface area (Å²) in [5.74, 6) is -0.0731. The Morgan fingerprint density at radius 2 is 1.71 bits per heavy atom. The maximum Gasteiger partial charge on any atom is 0.324 e. The summed E-state index contributed by atoms with van der Waals surface area (Å²) in [7, 11) is 1.54. The summed E-state index contributed by atoms with van der Waals surface area (Å²) < 4.78 is 0. The van der Waals surface area contributed by atoms with Crippen LogP contribution in [-0.4, -0.2) is 53.0 Å². The van der Waals surface area contributed by atoms with E-state index in [0.717, 1.165) is 13.1 Å². The van der Waals surface area contributed by atoms with Crippen molar-refractivity contribution in [2.45, 2.75) is 44.7 Å². The number of carbonyl (C=O) groups is 2. The molecule has 2 aliphatic rings. The summed E-state index contributed by atoms with van der Waals surface area (Å²) in [5, 5.41) is 2.85. The number of piperidine rings is 1. The zero-order chi connectivity index (χ0) is 12.8. The number of rotatable bonds is 0. The molecule has 0 aromatic rings. The Balaban J connectivity index is 2.09. The first-order valence-corrected chi connectivity index (χ1v) is 6.12. The number of nitrogens with one attached hydrogen (secondary N) is 1. The van der Waals surface area contributed by atoms with Crippen LogP contribution in [0.15, 0.2) is 0 Å². The van der Waals surface area contributed by atoms with Crippen LogP contribution >= 0.6 is 0 Å². The van der Waals surface area contributed by atoms with E-state index in [1.165, 1.54) is 4.90 Å². The molecule has 0 radical (unpaired) electrons. The van der Waals surface area contributed by atoms with Gasteiger partial charge in [0.2, 0.25) is 0 Å². The summed E-state index contributed by atoms with van der Waals surface area (Å²) in [6, 6.07) is -0.265. The number of likely N-dealkylation sites (tertiary alicyclic amines) is 1. The highest BCUT2D eigenvalue weighted by atomic mass is 16.2. The fraction of sp³-hybridized carbons (Fsp3) is 0.833. The molecule has 17 heavy (non-hydrogen) atoms. The Morgan fingerprint density at radius 1 is 1.18 bits per heavy atom. The Morgan fingerprint density at radius 3 is 2.06 bits per heavy atom. The predicted octanol–water partition coefficient (Wildman–Crippen LogP) is 0.801. The molecule has 3 amide bonds. The normalized spacial score (nSPS) is 25.5. The quantitative estimate of drug-likeness (QED) is 0.636. The molecule has 2 heterocycles. The minimum atomic E-state index is -0.631. The van der Waals surface area contributed by atoms with Crippen molar-refractivity contribution in [3.05, 3.63) is 0 Å². The van der Waals surface area contributed by atoms with Crippen molar-refractivity contribution in [2.75, 3.05) is 20.1 Å². The fourth-order valence-corrected chi connectivity index (χ4v) is 2.65. The highest BCUT2D eigenvalue weighted by Gasteiger charge is 2.51. The van der Waals surface area contributed by atoms with Crippen LogP contribution in [0.4, 0.5) is 4.79 Å². The smallest absolute Gasteiger partial charge is 0.323 e. The molecule has 0 saturated carbocycles. The molecule has 2 fully saturated rings. The van der Waals surface area contributed by atoms with Gasteiger partial charge in [-0.2, -0.15) is 0 Å². The average Bonchev–Trinajstić information content (AvgIpc) is 2.43. The van der Waals surface area contributed by atoms with Gasteiger partial charge in [-0.15, -0.1) is 0 Å². The molecule has 0 unspecified atom stereocenters. The second-order valence-electron chi connectivity index (χ2n) is 6.03. The molecule has 0 aliphatic carbocycles. The number of carbonyl (C=O) groups excluding carboxylic acids is 2. The van der Waals surface area contributed by atoms with Crippen LogP contribution < -0.4 is 5.32 Å². The fourth-order valence-electron chi connectivity index (χ4n) is 2.65. The average molecular weight is 239 g/mol. The molecule has 1 spiro atoms. The van der Waals surface area contributed by atoms with Gasteiger partial charge in [0.25, 0.3) is 5.91 Å². The number of likely N-dealkylation sites (N-methyl/N-ethyl adjacent to an activating group) is 1. The summed E-state index contributed by atoms with van der Waals surface area (Å²) in [6.45, 7) is 8.22. The highest BCUT2D eigenvalue weighted by Crippen LogP contribution is 2.31. The van der Waals surface area contributed by atoms with Gasteiger partial charge in [-0.1, -0.05) is 0 Å². The van der Waals surface area contributed by atoms with E-state index in [-0.39, 0.29) is 17.5 Å². The van der Waals surface area contributed by atoms with Crippen LogP contribution in [0.3, 0.4) is 0 Å². The van der Waals surface area contributed by atoms with Crippen molar-refractivity contribution in [1.82, 2.24) is 15.1 Å². The highest BCUT2D eigenvalue weighted by molar-refractivity contribution is 6.06. The minimum Gasteiger partial charge on any atom is -0.323 e. The maximum atomic E-state index is 12.1. The molecule has 2 aliphatic heterocycles. The Labute approximate surface area is 102 Å². The minimum absolute atomic E-state index is 0.0731. The van der Waals surface area contributed by atoms with Gasteiger partial charge in [0, 0.05) is 25.7 Å². The zero-order valence-corrected chi connectivity index (χ0v) is 11.0. The number of hydrogen-bond donors (Lipinski definition) is 1. The number of nitrogens with zero attached hydrogens (tertiary/aromatic N) is 2. The number of imide groups is 1. The molecular weight excluding hydrogens is 218 g/mol. The van der Waals surface area contributed by atoms with Gasteiger partial charge >= 0.3 is 6.03 Å². The van der Waals surface area contributed by atoms with Gasteiger partial charge < -0.3 is 5.32 Å². The van der Waals surface area contributed by atoms with Gasteiger partial charge in [0.05, 0.1) is 0 Å². The van der Waals surface area contributed by atoms with Crippen molar-refractivity contribution in [3.63, 3.8) is 0 Å². The Hall–Kier alpha value is -1.10. The summed E-state index contributed by atoms with van der Waals surface area (Å²) in [5.41, 5.74) is -0.507. The lowest BCUT2D eigenvalue weighted by atomic mass is 9.85. The van der Waals surface area contributed by atoms with Crippen molar-refractivity contribution in [2.24, 2.45) is 0 Å². The van der Waals surface area contributed by atoms with Crippen molar-refractivity contribution < 1.29 is 9.59 Å². The van der Waals surface area contributed by atoms with Gasteiger partial charge in [-0.3, -0.25) is 14.6 Å². The molecular formula is C12H21N3O2. The van der Waals surface area contributed by atoms with Crippen LogP contribution in [0.5, 0.6) is 0 Å². The van der Waals surface area contributed by atoms with E-state index in [1.54, 1.807) is 7.05 Å². The van der Waals surface area contributed by atoms with Crippen LogP contribution in [0.1, 0.15) is 33.6 Å². The molecule has 96 valence electrons. The molecule has 5 heteroatoms. The van der Waals surface area contributed by atoms with Crippen LogP contribution in [0.25, 0.3) is 0 Å². The van der Waals surface area contributed by atoms with E-state index >= 15 is 0 Å². The third kappa shape index (κ3) is 1.92. The molecule has 2 saturated heterocycles. The maximum absolute atomic E-state index is 12.1. The van der Waals surface area contributed by atoms with Crippen LogP contribution in [0, 0.1) is 0 Å². The molecule has 0 bridgehead atoms. The molecule has 2 rings (SSSR count). The van der Waals surface area contributed by atoms with E-state index in [4.69, 9.17) is 0 Å². The van der Waals surface area contributed by atoms with Crippen molar-refractivity contribution in [1.29, 1.82) is 0 Å². The monoisotopic (exact) mass is 239 g/mol. The summed E-state index contributed by atoms with van der Waals surface area (Å²) in [4.78, 5) is 27.1. The topological polar surface area (TPSA) is 52.7 Å². The number of amides is 3. The van der Waals surface area contributed by atoms with Crippen LogP contribution in [-0.2, 0) is 4.79 Å². The first kappa shape index (κ1) is 12.4. The van der Waals surface area contributed by atoms with E-state index in [0.29, 0.717) is 12.8 Å². The lowest BCUT2D eigenvalue weighted by Crippen LogP contribution is -2.58. The molecule has 0 aromatic carbocycles. The second kappa shape index (κ2) is 3.70. The van der Waals surface area contributed by atoms with Gasteiger partial charge in [-0.25, -0.2) is 4.79 Å². The van der Waals surface area contributed by atoms with E-state index in [2.05, 4.69) is 31.0 Å². The Kier molecular flexibility index (Phi) is 2.69. The number of hydrogen-bond acceptors (Lipinski definition) is 3. The second-order valence-corrected chi connectivity index (χ2v) is 6.03. The Bertz CT molecular complexity index is 351. The summed E-state index contributed by atoms with van der Waals surface area (Å²) in [6.07, 6.45) is 1.42. The SMILES string of the molecule is CN1C(=O)NC2(CCN(C(C)(C)C)CC2)C1=O. The predicted molar refractivity (Wildman–Crippen MR) is 64.6 cm³/mol. The number of urea groups is 1. The lowest BCUT2D eigenvalue weighted by Gasteiger charge is -2.43. The lowest BCUT2D eigenvalue weighted by molar-refractivity contribution is -0.132. The zero-order valence-electron chi connectivity index (χ0n) is 11.0. The van der Waals surface area contributed by atoms with Gasteiger partial charge in [0.1, 0.15) is 5.54 Å². The third-order valence-corrected chi connectivity index (χ3v) is 3.93. The molecule has 1 N–H and O–H groups in total. The molecule has 5 nitrogen and oxygen atoms in total. The standard InChI is InChI=1S/C12H21N3O2/c1-11(2,3)15-7-5-12(6-8-15)9(16)14(4)10(17)13-12/h5-8H2,1-4H3,(H,13,17). The molecule has 0 aromatic heterocycles. The van der Waals surface area contributed by atoms with Crippen molar-refractivity contribution in [3.8, 4) is 0 Å². The van der Waals surface area contributed by atoms with E-state index in [1.807, 2.05) is 0 Å².